The largest absolute Gasteiger partial charge is 0.352 e. The highest BCUT2D eigenvalue weighted by atomic mass is 35.5. The maximum absolute atomic E-state index is 12.1. The van der Waals surface area contributed by atoms with Crippen LogP contribution < -0.4 is 9.62 Å². The van der Waals surface area contributed by atoms with E-state index in [0.29, 0.717) is 17.3 Å². The minimum atomic E-state index is -3.47. The molecular weight excluding hydrogens is 360 g/mol. The van der Waals surface area contributed by atoms with E-state index in [-0.39, 0.29) is 18.9 Å². The first kappa shape index (κ1) is 19.3. The molecule has 7 heteroatoms. The van der Waals surface area contributed by atoms with E-state index in [4.69, 9.17) is 11.6 Å². The number of carbonyl (C=O) groups excluding carboxylic acids is 1. The fourth-order valence-corrected chi connectivity index (χ4v) is 3.51. The summed E-state index contributed by atoms with van der Waals surface area (Å²) < 4.78 is 25.4. The standard InChI is InChI=1S/C18H21ClN2O3S/c1-14-5-3-4-6-17(14)21(25(2,23)24)12-11-18(22)20-13-15-7-9-16(19)10-8-15/h3-10H,11-13H2,1-2H3,(H,20,22). The van der Waals surface area contributed by atoms with Crippen molar-refractivity contribution < 1.29 is 13.2 Å². The molecule has 2 aromatic carbocycles. The molecule has 0 saturated carbocycles. The molecule has 0 radical (unpaired) electrons. The van der Waals surface area contributed by atoms with Gasteiger partial charge in [0.1, 0.15) is 0 Å². The van der Waals surface area contributed by atoms with Gasteiger partial charge in [-0.3, -0.25) is 9.10 Å². The van der Waals surface area contributed by atoms with Gasteiger partial charge in [0, 0.05) is 24.5 Å². The summed E-state index contributed by atoms with van der Waals surface area (Å²) in [5.74, 6) is -0.211. The van der Waals surface area contributed by atoms with Crippen LogP contribution in [-0.2, 0) is 21.4 Å². The molecule has 25 heavy (non-hydrogen) atoms. The number of sulfonamides is 1. The quantitative estimate of drug-likeness (QED) is 0.802. The average molecular weight is 381 g/mol. The lowest BCUT2D eigenvalue weighted by Gasteiger charge is -2.23. The summed E-state index contributed by atoms with van der Waals surface area (Å²) >= 11 is 5.82. The van der Waals surface area contributed by atoms with Gasteiger partial charge in [-0.2, -0.15) is 0 Å². The van der Waals surface area contributed by atoms with Crippen LogP contribution in [0.5, 0.6) is 0 Å². The summed E-state index contributed by atoms with van der Waals surface area (Å²) in [6.45, 7) is 2.31. The number of benzene rings is 2. The fourth-order valence-electron chi connectivity index (χ4n) is 2.40. The topological polar surface area (TPSA) is 66.5 Å². The highest BCUT2D eigenvalue weighted by molar-refractivity contribution is 7.92. The van der Waals surface area contributed by atoms with E-state index in [0.717, 1.165) is 17.4 Å². The molecule has 0 bridgehead atoms. The Hall–Kier alpha value is -2.05. The Kier molecular flexibility index (Phi) is 6.45. The molecule has 0 aliphatic heterocycles. The van der Waals surface area contributed by atoms with Crippen molar-refractivity contribution in [2.75, 3.05) is 17.1 Å². The number of halogens is 1. The Morgan fingerprint density at radius 2 is 1.76 bits per heavy atom. The first-order chi connectivity index (χ1) is 11.8. The second-order valence-electron chi connectivity index (χ2n) is 5.77. The van der Waals surface area contributed by atoms with Crippen molar-refractivity contribution >= 4 is 33.2 Å². The predicted octanol–water partition coefficient (Wildman–Crippen LogP) is 3.12. The molecule has 0 fully saturated rings. The van der Waals surface area contributed by atoms with Gasteiger partial charge in [-0.1, -0.05) is 41.9 Å². The Labute approximate surface area is 153 Å². The molecule has 0 saturated heterocycles. The first-order valence-corrected chi connectivity index (χ1v) is 10.0. The summed E-state index contributed by atoms with van der Waals surface area (Å²) in [5.41, 5.74) is 2.36. The molecule has 5 nitrogen and oxygen atoms in total. The second kappa shape index (κ2) is 8.36. The molecule has 0 atom stereocenters. The lowest BCUT2D eigenvalue weighted by molar-refractivity contribution is -0.121. The minimum absolute atomic E-state index is 0.0784. The van der Waals surface area contributed by atoms with Crippen LogP contribution in [0.3, 0.4) is 0 Å². The van der Waals surface area contributed by atoms with Crippen LogP contribution in [-0.4, -0.2) is 27.1 Å². The number of carbonyl (C=O) groups is 1. The molecule has 0 aliphatic rings. The van der Waals surface area contributed by atoms with E-state index in [1.54, 1.807) is 24.3 Å². The summed E-state index contributed by atoms with van der Waals surface area (Å²) in [6, 6.07) is 14.4. The van der Waals surface area contributed by atoms with Crippen LogP contribution in [0.25, 0.3) is 0 Å². The van der Waals surface area contributed by atoms with E-state index in [1.165, 1.54) is 4.31 Å². The zero-order chi connectivity index (χ0) is 18.4. The third-order valence-electron chi connectivity index (χ3n) is 3.73. The van der Waals surface area contributed by atoms with E-state index >= 15 is 0 Å². The third-order valence-corrected chi connectivity index (χ3v) is 5.16. The van der Waals surface area contributed by atoms with Crippen molar-refractivity contribution in [1.82, 2.24) is 5.32 Å². The van der Waals surface area contributed by atoms with E-state index < -0.39 is 10.0 Å². The zero-order valence-electron chi connectivity index (χ0n) is 14.2. The molecule has 0 aliphatic carbocycles. The monoisotopic (exact) mass is 380 g/mol. The van der Waals surface area contributed by atoms with Gasteiger partial charge in [0.15, 0.2) is 0 Å². The molecule has 2 rings (SSSR count). The van der Waals surface area contributed by atoms with Crippen molar-refractivity contribution in [3.05, 3.63) is 64.7 Å². The van der Waals surface area contributed by atoms with Crippen molar-refractivity contribution in [3.63, 3.8) is 0 Å². The summed E-state index contributed by atoms with van der Waals surface area (Å²) in [7, 11) is -3.47. The lowest BCUT2D eigenvalue weighted by atomic mass is 10.2. The van der Waals surface area contributed by atoms with Crippen molar-refractivity contribution in [2.45, 2.75) is 19.9 Å². The molecule has 0 aromatic heterocycles. The Balaban J connectivity index is 1.97. The van der Waals surface area contributed by atoms with Gasteiger partial charge in [-0.25, -0.2) is 8.42 Å². The third kappa shape index (κ3) is 5.76. The Morgan fingerprint density at radius 1 is 1.12 bits per heavy atom. The normalized spacial score (nSPS) is 11.2. The van der Waals surface area contributed by atoms with Crippen molar-refractivity contribution in [2.24, 2.45) is 0 Å². The Bertz CT molecular complexity index is 836. The van der Waals surface area contributed by atoms with Crippen LogP contribution in [0.2, 0.25) is 5.02 Å². The smallest absolute Gasteiger partial charge is 0.232 e. The molecule has 0 heterocycles. The summed E-state index contributed by atoms with van der Waals surface area (Å²) in [5, 5.41) is 3.42. The lowest BCUT2D eigenvalue weighted by Crippen LogP contribution is -2.35. The fraction of sp³-hybridized carbons (Fsp3) is 0.278. The maximum Gasteiger partial charge on any atom is 0.232 e. The SMILES string of the molecule is Cc1ccccc1N(CCC(=O)NCc1ccc(Cl)cc1)S(C)(=O)=O. The molecule has 134 valence electrons. The van der Waals surface area contributed by atoms with Crippen LogP contribution in [0.15, 0.2) is 48.5 Å². The number of para-hydroxylation sites is 1. The van der Waals surface area contributed by atoms with Gasteiger partial charge < -0.3 is 5.32 Å². The van der Waals surface area contributed by atoms with Gasteiger partial charge in [0.25, 0.3) is 0 Å². The predicted molar refractivity (Wildman–Crippen MR) is 101 cm³/mol. The zero-order valence-corrected chi connectivity index (χ0v) is 15.8. The van der Waals surface area contributed by atoms with Gasteiger partial charge in [-0.05, 0) is 36.2 Å². The molecule has 1 amide bonds. The van der Waals surface area contributed by atoms with Crippen LogP contribution in [0.4, 0.5) is 5.69 Å². The molecule has 2 aromatic rings. The number of aryl methyl sites for hydroxylation is 1. The summed E-state index contributed by atoms with van der Waals surface area (Å²) in [4.78, 5) is 12.1. The number of hydrogen-bond donors (Lipinski definition) is 1. The number of anilines is 1. The molecule has 1 N–H and O–H groups in total. The van der Waals surface area contributed by atoms with E-state index in [1.807, 2.05) is 31.2 Å². The van der Waals surface area contributed by atoms with Crippen LogP contribution in [0.1, 0.15) is 17.5 Å². The molecular formula is C18H21ClN2O3S. The highest BCUT2D eigenvalue weighted by Crippen LogP contribution is 2.22. The molecule has 0 spiro atoms. The van der Waals surface area contributed by atoms with Crippen LogP contribution in [0, 0.1) is 6.92 Å². The molecule has 0 unspecified atom stereocenters. The highest BCUT2D eigenvalue weighted by Gasteiger charge is 2.19. The minimum Gasteiger partial charge on any atom is -0.352 e. The maximum atomic E-state index is 12.1. The van der Waals surface area contributed by atoms with Crippen molar-refractivity contribution in [3.8, 4) is 0 Å². The van der Waals surface area contributed by atoms with Gasteiger partial charge in [-0.15, -0.1) is 0 Å². The number of amides is 1. The van der Waals surface area contributed by atoms with Crippen LogP contribution >= 0.6 is 11.6 Å². The van der Waals surface area contributed by atoms with E-state index in [2.05, 4.69) is 5.32 Å². The van der Waals surface area contributed by atoms with Gasteiger partial charge in [0.05, 0.1) is 11.9 Å². The van der Waals surface area contributed by atoms with Gasteiger partial charge >= 0.3 is 0 Å². The van der Waals surface area contributed by atoms with E-state index in [9.17, 15) is 13.2 Å². The number of nitrogens with zero attached hydrogens (tertiary/aromatic N) is 1. The van der Waals surface area contributed by atoms with Crippen molar-refractivity contribution in [1.29, 1.82) is 0 Å². The number of hydrogen-bond acceptors (Lipinski definition) is 3. The number of nitrogens with one attached hydrogen (secondary N) is 1. The van der Waals surface area contributed by atoms with Gasteiger partial charge in [0.2, 0.25) is 15.9 Å². The summed E-state index contributed by atoms with van der Waals surface area (Å²) in [6.07, 6.45) is 1.22. The Morgan fingerprint density at radius 3 is 2.36 bits per heavy atom. The second-order valence-corrected chi connectivity index (χ2v) is 8.12. The first-order valence-electron chi connectivity index (χ1n) is 7.82. The number of rotatable bonds is 7. The average Bonchev–Trinajstić information content (AvgIpc) is 2.55.